The number of sulfonamides is 1. The lowest BCUT2D eigenvalue weighted by Gasteiger charge is -2.36. The number of rotatable bonds is 16. The molecule has 0 spiro atoms. The molecule has 1 fully saturated rings. The highest BCUT2D eigenvalue weighted by molar-refractivity contribution is 7.99. The summed E-state index contributed by atoms with van der Waals surface area (Å²) in [5, 5.41) is 16.9. The molecule has 5 aromatic carbocycles. The lowest BCUT2D eigenvalue weighted by atomic mass is 9.99. The van der Waals surface area contributed by atoms with E-state index >= 15 is 0 Å². The summed E-state index contributed by atoms with van der Waals surface area (Å²) in [7, 11) is -4.29. The van der Waals surface area contributed by atoms with Crippen LogP contribution in [0.15, 0.2) is 150 Å². The van der Waals surface area contributed by atoms with Crippen molar-refractivity contribution in [2.45, 2.75) is 35.3 Å². The molecule has 13 nitrogen and oxygen atoms in total. The van der Waals surface area contributed by atoms with Gasteiger partial charge in [0.25, 0.3) is 15.7 Å². The van der Waals surface area contributed by atoms with Crippen molar-refractivity contribution in [2.24, 2.45) is 0 Å². The number of hydrogen-bond donors (Lipinski definition) is 2. The van der Waals surface area contributed by atoms with E-state index in [0.29, 0.717) is 34.6 Å². The summed E-state index contributed by atoms with van der Waals surface area (Å²) < 4.78 is 32.1. The molecule has 3 heterocycles. The van der Waals surface area contributed by atoms with Crippen molar-refractivity contribution in [3.05, 3.63) is 161 Å². The van der Waals surface area contributed by atoms with Gasteiger partial charge in [-0.15, -0.1) is 11.8 Å². The Kier molecular flexibility index (Phi) is 12.6. The average molecular weight is 860 g/mol. The van der Waals surface area contributed by atoms with Gasteiger partial charge in [-0.05, 0) is 77.7 Å². The Balaban J connectivity index is 0.945. The highest BCUT2D eigenvalue weighted by Crippen LogP contribution is 2.33. The Hall–Kier alpha value is -6.00. The molecule has 60 heavy (non-hydrogen) atoms. The number of aryl methyl sites for hydroxylation is 1. The summed E-state index contributed by atoms with van der Waals surface area (Å²) in [6.07, 6.45) is 7.25. The second kappa shape index (κ2) is 18.5. The molecule has 7 aromatic rings. The van der Waals surface area contributed by atoms with Gasteiger partial charge in [-0.25, -0.2) is 23.4 Å². The van der Waals surface area contributed by atoms with Crippen LogP contribution in [0.4, 0.5) is 22.9 Å². The van der Waals surface area contributed by atoms with Gasteiger partial charge in [0.1, 0.15) is 12.0 Å². The first kappa shape index (κ1) is 40.8. The first-order chi connectivity index (χ1) is 29.2. The van der Waals surface area contributed by atoms with E-state index in [1.807, 2.05) is 83.6 Å². The monoisotopic (exact) mass is 859 g/mol. The number of aromatic nitrogens is 4. The molecule has 0 amide bonds. The van der Waals surface area contributed by atoms with Crippen molar-refractivity contribution in [1.82, 2.24) is 24.4 Å². The third-order valence-corrected chi connectivity index (χ3v) is 13.2. The molecule has 0 bridgehead atoms. The Morgan fingerprint density at radius 2 is 1.67 bits per heavy atom. The summed E-state index contributed by atoms with van der Waals surface area (Å²) in [4.78, 5) is 30.2. The molecule has 16 heteroatoms. The van der Waals surface area contributed by atoms with Gasteiger partial charge in [-0.2, -0.15) is 0 Å². The minimum atomic E-state index is -4.29. The summed E-state index contributed by atoms with van der Waals surface area (Å²) in [5.41, 5.74) is 4.92. The molecule has 0 saturated carbocycles. The predicted molar refractivity (Wildman–Crippen MR) is 239 cm³/mol. The summed E-state index contributed by atoms with van der Waals surface area (Å²) >= 11 is 8.06. The highest BCUT2D eigenvalue weighted by atomic mass is 35.5. The van der Waals surface area contributed by atoms with Crippen LogP contribution in [0.3, 0.4) is 0 Å². The number of benzene rings is 5. The van der Waals surface area contributed by atoms with E-state index in [-0.39, 0.29) is 28.1 Å². The third kappa shape index (κ3) is 9.88. The molecule has 2 aromatic heterocycles. The zero-order valence-electron chi connectivity index (χ0n) is 32.5. The van der Waals surface area contributed by atoms with Crippen LogP contribution in [0, 0.1) is 10.1 Å². The number of imidazole rings is 1. The van der Waals surface area contributed by atoms with E-state index in [1.54, 1.807) is 30.4 Å². The number of piperazine rings is 1. The normalized spacial score (nSPS) is 13.9. The molecular weight excluding hydrogens is 818 g/mol. The fourth-order valence-electron chi connectivity index (χ4n) is 7.31. The molecule has 1 aliphatic rings. The van der Waals surface area contributed by atoms with Crippen molar-refractivity contribution < 1.29 is 13.3 Å². The number of nitro groups is 1. The topological polar surface area (TPSA) is 151 Å². The van der Waals surface area contributed by atoms with E-state index in [1.165, 1.54) is 29.6 Å². The Morgan fingerprint density at radius 3 is 2.42 bits per heavy atom. The molecular formula is C44H42ClN9O4S2. The second-order valence-electron chi connectivity index (χ2n) is 14.5. The molecule has 0 radical (unpaired) electrons. The maximum atomic E-state index is 13.8. The lowest BCUT2D eigenvalue weighted by molar-refractivity contribution is -0.384. The number of thioether (sulfide) groups is 1. The molecule has 1 aliphatic heterocycles. The fourth-order valence-corrected chi connectivity index (χ4v) is 9.55. The molecule has 2 N–H and O–H groups in total. The smallest absolute Gasteiger partial charge is 0.293 e. The van der Waals surface area contributed by atoms with Crippen LogP contribution in [-0.2, 0) is 23.1 Å². The van der Waals surface area contributed by atoms with E-state index < -0.39 is 14.9 Å². The minimum Gasteiger partial charge on any atom is -0.376 e. The van der Waals surface area contributed by atoms with Crippen molar-refractivity contribution in [1.29, 1.82) is 0 Å². The van der Waals surface area contributed by atoms with Gasteiger partial charge in [0.15, 0.2) is 5.82 Å². The van der Waals surface area contributed by atoms with Crippen LogP contribution in [0.25, 0.3) is 22.0 Å². The average Bonchev–Trinajstić information content (AvgIpc) is 3.79. The van der Waals surface area contributed by atoms with Crippen LogP contribution in [0.1, 0.15) is 12.0 Å². The van der Waals surface area contributed by atoms with Gasteiger partial charge in [0.2, 0.25) is 0 Å². The lowest BCUT2D eigenvalue weighted by Crippen LogP contribution is -2.46. The summed E-state index contributed by atoms with van der Waals surface area (Å²) in [6, 6.07) is 35.7. The van der Waals surface area contributed by atoms with E-state index in [0.717, 1.165) is 54.9 Å². The van der Waals surface area contributed by atoms with Gasteiger partial charge in [0, 0.05) is 90.5 Å². The molecule has 8 rings (SSSR count). The Bertz CT molecular complexity index is 2680. The third-order valence-electron chi connectivity index (χ3n) is 10.5. The standard InChI is InChI=1S/C44H42ClN9O4S2/c45-34-11-14-39(32-7-3-1-4-8-32)33(25-34)28-51-21-23-53(24-22-51)36-12-15-40-42(26-36)47-30-48-44(40)50-60(57,58)38-13-16-41(43(27-38)54(55)56)49-35(17-19-52-20-18-46-31-52)29-59-37-9-5-2-6-10-37/h1-16,18,20,25-27,30-31,35,49H,17,19,21-24,28-29H2,(H,47,48,50)/t35-/m1/s1. The van der Waals surface area contributed by atoms with Gasteiger partial charge in [0.05, 0.1) is 21.7 Å². The van der Waals surface area contributed by atoms with Gasteiger partial charge >= 0.3 is 0 Å². The predicted octanol–water partition coefficient (Wildman–Crippen LogP) is 8.84. The Morgan fingerprint density at radius 1 is 0.883 bits per heavy atom. The maximum Gasteiger partial charge on any atom is 0.293 e. The number of nitrogens with zero attached hydrogens (tertiary/aromatic N) is 7. The van der Waals surface area contributed by atoms with E-state index in [4.69, 9.17) is 11.6 Å². The largest absolute Gasteiger partial charge is 0.376 e. The Labute approximate surface area is 357 Å². The number of fused-ring (bicyclic) bond motifs is 1. The number of nitrogens with one attached hydrogen (secondary N) is 2. The molecule has 1 saturated heterocycles. The van der Waals surface area contributed by atoms with Crippen molar-refractivity contribution in [3.63, 3.8) is 0 Å². The quantitative estimate of drug-likeness (QED) is 0.0545. The van der Waals surface area contributed by atoms with Crippen LogP contribution in [-0.4, -0.2) is 75.7 Å². The highest BCUT2D eigenvalue weighted by Gasteiger charge is 2.25. The molecule has 1 atom stereocenters. The van der Waals surface area contributed by atoms with Crippen molar-refractivity contribution >= 4 is 67.2 Å². The van der Waals surface area contributed by atoms with Gasteiger partial charge in [-0.1, -0.05) is 66.2 Å². The van der Waals surface area contributed by atoms with Crippen LogP contribution < -0.4 is 14.9 Å². The molecule has 0 unspecified atom stereocenters. The van der Waals surface area contributed by atoms with Gasteiger partial charge < -0.3 is 14.8 Å². The van der Waals surface area contributed by atoms with Crippen LogP contribution in [0.5, 0.6) is 0 Å². The first-order valence-corrected chi connectivity index (χ1v) is 22.3. The zero-order chi connectivity index (χ0) is 41.5. The second-order valence-corrected chi connectivity index (χ2v) is 17.7. The van der Waals surface area contributed by atoms with E-state index in [2.05, 4.69) is 53.0 Å². The summed E-state index contributed by atoms with van der Waals surface area (Å²) in [5.74, 6) is 0.699. The molecule has 0 aliphatic carbocycles. The van der Waals surface area contributed by atoms with Crippen molar-refractivity contribution in [3.8, 4) is 11.1 Å². The number of hydrogen-bond acceptors (Lipinski definition) is 11. The van der Waals surface area contributed by atoms with Crippen LogP contribution >= 0.6 is 23.4 Å². The first-order valence-electron chi connectivity index (χ1n) is 19.5. The fraction of sp³-hybridized carbons (Fsp3) is 0.205. The minimum absolute atomic E-state index is 0.0782. The zero-order valence-corrected chi connectivity index (χ0v) is 34.9. The van der Waals surface area contributed by atoms with Gasteiger partial charge in [-0.3, -0.25) is 19.7 Å². The maximum absolute atomic E-state index is 13.8. The summed E-state index contributed by atoms with van der Waals surface area (Å²) in [6.45, 7) is 4.68. The number of halogens is 1. The SMILES string of the molecule is O=[N+]([O-])c1cc(S(=O)(=O)Nc2ncnc3cc(N4CCN(Cc5cc(Cl)ccc5-c5ccccc5)CC4)ccc23)ccc1N[C@H](CCn1ccnc1)CSc1ccccc1. The number of nitro benzene ring substituents is 1. The molecule has 306 valence electrons. The van der Waals surface area contributed by atoms with Crippen LogP contribution in [0.2, 0.25) is 5.02 Å². The number of anilines is 3. The van der Waals surface area contributed by atoms with E-state index in [9.17, 15) is 18.5 Å². The van der Waals surface area contributed by atoms with Crippen molar-refractivity contribution in [2.75, 3.05) is 46.9 Å².